The molecule has 3 nitrogen and oxygen atoms in total. The molecule has 0 aliphatic rings. The summed E-state index contributed by atoms with van der Waals surface area (Å²) >= 11 is 0. The van der Waals surface area contributed by atoms with Crippen molar-refractivity contribution in [2.45, 2.75) is 187 Å². The minimum atomic E-state index is -0.659. The van der Waals surface area contributed by atoms with Crippen LogP contribution in [0.3, 0.4) is 0 Å². The van der Waals surface area contributed by atoms with Crippen molar-refractivity contribution >= 4 is 12.3 Å². The van der Waals surface area contributed by atoms with Crippen LogP contribution in [0.4, 0.5) is 0 Å². The van der Waals surface area contributed by atoms with E-state index in [1.54, 1.807) is 0 Å². The van der Waals surface area contributed by atoms with Gasteiger partial charge in [0.1, 0.15) is 0 Å². The lowest BCUT2D eigenvalue weighted by Gasteiger charge is -2.11. The maximum Gasteiger partial charge on any atom is 0.306 e. The summed E-state index contributed by atoms with van der Waals surface area (Å²) in [6.07, 6.45) is 33.2. The van der Waals surface area contributed by atoms with E-state index in [9.17, 15) is 9.59 Å². The predicted molar refractivity (Wildman–Crippen MR) is 147 cm³/mol. The lowest BCUT2D eigenvalue weighted by molar-refractivity contribution is -0.146. The van der Waals surface area contributed by atoms with Crippen LogP contribution in [0.1, 0.15) is 181 Å². The predicted octanol–water partition coefficient (Wildman–Crippen LogP) is 10.2. The molecule has 0 rings (SSSR count). The highest BCUT2D eigenvalue weighted by atomic mass is 16.5. The van der Waals surface area contributed by atoms with Crippen LogP contribution < -0.4 is 0 Å². The molecule has 0 aromatic heterocycles. The van der Waals surface area contributed by atoms with Gasteiger partial charge in [0.05, 0.1) is 0 Å². The Morgan fingerprint density at radius 1 is 0.529 bits per heavy atom. The van der Waals surface area contributed by atoms with Gasteiger partial charge in [0.2, 0.25) is 6.29 Å². The molecule has 0 N–H and O–H groups in total. The van der Waals surface area contributed by atoms with Gasteiger partial charge in [0.25, 0.3) is 0 Å². The van der Waals surface area contributed by atoms with E-state index in [1.807, 2.05) is 6.29 Å². The van der Waals surface area contributed by atoms with E-state index in [-0.39, 0.29) is 5.97 Å². The molecule has 201 valence electrons. The third-order valence-corrected chi connectivity index (χ3v) is 6.96. The molecule has 1 atom stereocenters. The first kappa shape index (κ1) is 33.1. The van der Waals surface area contributed by atoms with Gasteiger partial charge in [-0.25, -0.2) is 0 Å². The first-order valence-corrected chi connectivity index (χ1v) is 15.3. The van der Waals surface area contributed by atoms with Gasteiger partial charge in [0, 0.05) is 6.42 Å². The second-order valence-electron chi connectivity index (χ2n) is 10.4. The third-order valence-electron chi connectivity index (χ3n) is 6.96. The Morgan fingerprint density at radius 3 is 1.21 bits per heavy atom. The summed E-state index contributed by atoms with van der Waals surface area (Å²) < 4.78 is 5.34. The molecule has 0 heterocycles. The maximum atomic E-state index is 12.0. The molecule has 0 spiro atoms. The van der Waals surface area contributed by atoms with Gasteiger partial charge < -0.3 is 4.74 Å². The molecule has 0 aliphatic carbocycles. The van der Waals surface area contributed by atoms with E-state index in [2.05, 4.69) is 13.8 Å². The maximum absolute atomic E-state index is 12.0. The van der Waals surface area contributed by atoms with Gasteiger partial charge in [-0.3, -0.25) is 9.59 Å². The van der Waals surface area contributed by atoms with Crippen LogP contribution in [0.25, 0.3) is 0 Å². The van der Waals surface area contributed by atoms with Crippen molar-refractivity contribution in [2.24, 2.45) is 0 Å². The number of rotatable bonds is 28. The van der Waals surface area contributed by atoms with Crippen LogP contribution in [-0.4, -0.2) is 18.4 Å². The number of unbranched alkanes of at least 4 members (excludes halogenated alkanes) is 22. The lowest BCUT2D eigenvalue weighted by atomic mass is 10.0. The molecule has 3 heteroatoms. The molecule has 0 saturated carbocycles. The number of ether oxygens (including phenoxy) is 1. The minimum Gasteiger partial charge on any atom is -0.454 e. The average molecular weight is 480 g/mol. The van der Waals surface area contributed by atoms with Crippen molar-refractivity contribution in [3.63, 3.8) is 0 Å². The molecular formula is C31H59O3. The summed E-state index contributed by atoms with van der Waals surface area (Å²) in [7, 11) is 0. The van der Waals surface area contributed by atoms with Crippen molar-refractivity contribution in [2.75, 3.05) is 0 Å². The monoisotopic (exact) mass is 479 g/mol. The second-order valence-corrected chi connectivity index (χ2v) is 10.4. The Kier molecular flexibility index (Phi) is 27.7. The van der Waals surface area contributed by atoms with Crippen LogP contribution in [0.2, 0.25) is 0 Å². The molecule has 1 radical (unpaired) electrons. The van der Waals surface area contributed by atoms with Crippen molar-refractivity contribution in [3.05, 3.63) is 0 Å². The van der Waals surface area contributed by atoms with Gasteiger partial charge in [0.15, 0.2) is 6.10 Å². The van der Waals surface area contributed by atoms with Gasteiger partial charge >= 0.3 is 5.97 Å². The lowest BCUT2D eigenvalue weighted by Crippen LogP contribution is -2.19. The molecule has 0 fully saturated rings. The van der Waals surface area contributed by atoms with Crippen LogP contribution in [0, 0.1) is 0 Å². The van der Waals surface area contributed by atoms with Crippen molar-refractivity contribution < 1.29 is 14.3 Å². The number of carbonyl (C=O) groups is 1. The van der Waals surface area contributed by atoms with Crippen LogP contribution >= 0.6 is 0 Å². The van der Waals surface area contributed by atoms with E-state index in [1.165, 1.54) is 128 Å². The normalized spacial score (nSPS) is 12.1. The highest BCUT2D eigenvalue weighted by Gasteiger charge is 2.14. The molecule has 34 heavy (non-hydrogen) atoms. The molecular weight excluding hydrogens is 420 g/mol. The fourth-order valence-corrected chi connectivity index (χ4v) is 4.64. The molecule has 0 amide bonds. The number of hydrogen-bond acceptors (Lipinski definition) is 3. The SMILES string of the molecule is CCCCCCCCCCCCCCC(=O)OC([C]=O)CCCCCCCCCCCCCC. The van der Waals surface area contributed by atoms with Crippen molar-refractivity contribution in [3.8, 4) is 0 Å². The summed E-state index contributed by atoms with van der Waals surface area (Å²) in [6, 6.07) is 0. The molecule has 0 bridgehead atoms. The summed E-state index contributed by atoms with van der Waals surface area (Å²) in [5.41, 5.74) is 0. The van der Waals surface area contributed by atoms with Crippen LogP contribution in [0.5, 0.6) is 0 Å². The van der Waals surface area contributed by atoms with Crippen LogP contribution in [0.15, 0.2) is 0 Å². The summed E-state index contributed by atoms with van der Waals surface area (Å²) in [6.45, 7) is 4.53. The zero-order chi connectivity index (χ0) is 25.0. The fourth-order valence-electron chi connectivity index (χ4n) is 4.64. The summed E-state index contributed by atoms with van der Waals surface area (Å²) in [5, 5.41) is 0. The summed E-state index contributed by atoms with van der Waals surface area (Å²) in [5.74, 6) is -0.223. The largest absolute Gasteiger partial charge is 0.454 e. The molecule has 0 aromatic rings. The Balaban J connectivity index is 3.43. The zero-order valence-electron chi connectivity index (χ0n) is 23.2. The molecule has 0 aliphatic heterocycles. The van der Waals surface area contributed by atoms with Gasteiger partial charge in [-0.05, 0) is 19.3 Å². The Bertz CT molecular complexity index is 421. The first-order chi connectivity index (χ1) is 16.7. The standard InChI is InChI=1S/C31H59O3/c1-3-5-7-9-11-13-15-17-19-21-23-25-27-30(29-32)34-31(33)28-26-24-22-20-18-16-14-12-10-8-6-4-2/h30H,3-28H2,1-2H3. The Morgan fingerprint density at radius 2 is 0.853 bits per heavy atom. The number of hydrogen-bond donors (Lipinski definition) is 0. The van der Waals surface area contributed by atoms with E-state index in [0.717, 1.165) is 25.7 Å². The van der Waals surface area contributed by atoms with Gasteiger partial charge in [-0.1, -0.05) is 155 Å². The number of carbonyl (C=O) groups excluding carboxylic acids is 2. The number of esters is 1. The quantitative estimate of drug-likeness (QED) is 0.0827. The van der Waals surface area contributed by atoms with E-state index in [4.69, 9.17) is 4.74 Å². The third kappa shape index (κ3) is 25.8. The average Bonchev–Trinajstić information content (AvgIpc) is 2.84. The van der Waals surface area contributed by atoms with Gasteiger partial charge in [-0.15, -0.1) is 0 Å². The smallest absolute Gasteiger partial charge is 0.306 e. The van der Waals surface area contributed by atoms with E-state index < -0.39 is 6.10 Å². The summed E-state index contributed by atoms with van der Waals surface area (Å²) in [4.78, 5) is 23.2. The fraction of sp³-hybridized carbons (Fsp3) is 0.935. The van der Waals surface area contributed by atoms with Crippen LogP contribution in [-0.2, 0) is 14.3 Å². The molecule has 0 aromatic carbocycles. The Labute approximate surface area is 213 Å². The van der Waals surface area contributed by atoms with Gasteiger partial charge in [-0.2, -0.15) is 0 Å². The molecule has 1 unspecified atom stereocenters. The van der Waals surface area contributed by atoms with E-state index in [0.29, 0.717) is 12.8 Å². The zero-order valence-corrected chi connectivity index (χ0v) is 23.2. The second kappa shape index (κ2) is 28.4. The first-order valence-electron chi connectivity index (χ1n) is 15.3. The highest BCUT2D eigenvalue weighted by Crippen LogP contribution is 2.15. The Hall–Kier alpha value is -0.860. The van der Waals surface area contributed by atoms with Crippen molar-refractivity contribution in [1.82, 2.24) is 0 Å². The van der Waals surface area contributed by atoms with Crippen molar-refractivity contribution in [1.29, 1.82) is 0 Å². The topological polar surface area (TPSA) is 43.4 Å². The highest BCUT2D eigenvalue weighted by molar-refractivity contribution is 5.72. The molecule has 0 saturated heterocycles. The minimum absolute atomic E-state index is 0.223. The van der Waals surface area contributed by atoms with E-state index >= 15 is 0 Å².